The van der Waals surface area contributed by atoms with E-state index < -0.39 is 0 Å². The molecule has 7 N–H and O–H groups in total. The summed E-state index contributed by atoms with van der Waals surface area (Å²) >= 11 is 0. The molecule has 4 fully saturated rings. The van der Waals surface area contributed by atoms with Gasteiger partial charge < -0.3 is 22.5 Å². The lowest BCUT2D eigenvalue weighted by molar-refractivity contribution is -0.00516. The average Bonchev–Trinajstić information content (AvgIpc) is 2.52. The van der Waals surface area contributed by atoms with Gasteiger partial charge in [-0.25, -0.2) is 4.99 Å². The second kappa shape index (κ2) is 5.93. The van der Waals surface area contributed by atoms with Crippen LogP contribution in [-0.2, 0) is 5.41 Å². The van der Waals surface area contributed by atoms with E-state index in [1.54, 1.807) is 0 Å². The van der Waals surface area contributed by atoms with Crippen LogP contribution >= 0.6 is 0 Å². The third-order valence-corrected chi connectivity index (χ3v) is 6.40. The molecule has 0 amide bonds. The van der Waals surface area contributed by atoms with Crippen molar-refractivity contribution in [1.82, 2.24) is 0 Å². The fourth-order valence-corrected chi connectivity index (χ4v) is 5.91. The highest BCUT2D eigenvalue weighted by molar-refractivity contribution is 5.94. The van der Waals surface area contributed by atoms with Gasteiger partial charge in [-0.1, -0.05) is 6.07 Å². The van der Waals surface area contributed by atoms with Crippen LogP contribution in [0.4, 0.5) is 11.4 Å². The summed E-state index contributed by atoms with van der Waals surface area (Å²) in [5.41, 5.74) is 20.1. The Morgan fingerprint density at radius 3 is 2.16 bits per heavy atom. The summed E-state index contributed by atoms with van der Waals surface area (Å²) in [6.45, 7) is 0. The Morgan fingerprint density at radius 2 is 1.64 bits per heavy atom. The largest absolute Gasteiger partial charge is 0.386 e. The smallest absolute Gasteiger partial charge is 0.223 e. The Bertz CT molecular complexity index is 696. The SMILES string of the molecule is CNc1ccc(C23CC4CC(CC(C4)C2)C3)cc1N=C(N)N=C(N)N. The zero-order valence-electron chi connectivity index (χ0n) is 14.8. The van der Waals surface area contributed by atoms with Crippen molar-refractivity contribution in [2.75, 3.05) is 12.4 Å². The van der Waals surface area contributed by atoms with Crippen LogP contribution in [0.1, 0.15) is 44.1 Å². The van der Waals surface area contributed by atoms with E-state index in [4.69, 9.17) is 17.2 Å². The van der Waals surface area contributed by atoms with E-state index in [1.165, 1.54) is 44.1 Å². The van der Waals surface area contributed by atoms with Crippen molar-refractivity contribution >= 4 is 23.3 Å². The minimum atomic E-state index is -0.0792. The van der Waals surface area contributed by atoms with Gasteiger partial charge in [-0.2, -0.15) is 4.99 Å². The van der Waals surface area contributed by atoms with Gasteiger partial charge in [0.1, 0.15) is 0 Å². The number of benzene rings is 1. The molecule has 5 rings (SSSR count). The molecule has 6 heteroatoms. The topological polar surface area (TPSA) is 115 Å². The van der Waals surface area contributed by atoms with Crippen LogP contribution in [0.5, 0.6) is 0 Å². The summed E-state index contributed by atoms with van der Waals surface area (Å²) in [4.78, 5) is 8.28. The van der Waals surface area contributed by atoms with Crippen molar-refractivity contribution in [2.45, 2.75) is 43.9 Å². The maximum atomic E-state index is 5.86. The molecule has 4 aliphatic rings. The van der Waals surface area contributed by atoms with Crippen molar-refractivity contribution in [1.29, 1.82) is 0 Å². The van der Waals surface area contributed by atoms with Crippen molar-refractivity contribution in [2.24, 2.45) is 44.9 Å². The molecule has 0 aliphatic heterocycles. The Balaban J connectivity index is 1.72. The monoisotopic (exact) mass is 340 g/mol. The van der Waals surface area contributed by atoms with Crippen LogP contribution in [0.15, 0.2) is 28.2 Å². The van der Waals surface area contributed by atoms with Crippen LogP contribution < -0.4 is 22.5 Å². The van der Waals surface area contributed by atoms with E-state index in [2.05, 4.69) is 33.5 Å². The molecular formula is C19H28N6. The summed E-state index contributed by atoms with van der Waals surface area (Å²) in [6, 6.07) is 6.57. The number of rotatable bonds is 3. The van der Waals surface area contributed by atoms with Crippen LogP contribution in [0.3, 0.4) is 0 Å². The minimum Gasteiger partial charge on any atom is -0.386 e. The third-order valence-electron chi connectivity index (χ3n) is 6.40. The Kier molecular flexibility index (Phi) is 3.85. The fraction of sp³-hybridized carbons (Fsp3) is 0.579. The first kappa shape index (κ1) is 16.2. The highest BCUT2D eigenvalue weighted by Crippen LogP contribution is 2.61. The predicted octanol–water partition coefficient (Wildman–Crippen LogP) is 2.42. The number of nitrogens with two attached hydrogens (primary N) is 3. The molecule has 4 aliphatic carbocycles. The predicted molar refractivity (Wildman–Crippen MR) is 103 cm³/mol. The lowest BCUT2D eigenvalue weighted by Gasteiger charge is -2.57. The van der Waals surface area contributed by atoms with E-state index in [0.29, 0.717) is 5.41 Å². The molecule has 4 saturated carbocycles. The lowest BCUT2D eigenvalue weighted by atomic mass is 9.48. The summed E-state index contributed by atoms with van der Waals surface area (Å²) in [5, 5.41) is 3.18. The highest BCUT2D eigenvalue weighted by atomic mass is 15.1. The van der Waals surface area contributed by atoms with Crippen LogP contribution in [0.25, 0.3) is 0 Å². The standard InChI is InChI=1S/C19H28N6/c1-23-15-3-2-14(7-16(15)24-18(22)25-17(20)21)19-8-11-4-12(9-19)6-13(5-11)10-19/h2-3,7,11-13,23H,4-6,8-10H2,1H3,(H6,20,21,22,24,25). The van der Waals surface area contributed by atoms with Gasteiger partial charge in [0.25, 0.3) is 0 Å². The zero-order valence-corrected chi connectivity index (χ0v) is 14.8. The number of anilines is 1. The molecule has 4 bridgehead atoms. The number of hydrogen-bond donors (Lipinski definition) is 4. The van der Waals surface area contributed by atoms with Crippen molar-refractivity contribution in [3.05, 3.63) is 23.8 Å². The highest BCUT2D eigenvalue weighted by Gasteiger charge is 2.51. The minimum absolute atomic E-state index is 0.0792. The van der Waals surface area contributed by atoms with Crippen LogP contribution in [-0.4, -0.2) is 19.0 Å². The molecule has 0 unspecified atom stereocenters. The first-order valence-corrected chi connectivity index (χ1v) is 9.23. The van der Waals surface area contributed by atoms with Crippen molar-refractivity contribution < 1.29 is 0 Å². The Labute approximate surface area is 149 Å². The number of aliphatic imine (C=N–C) groups is 2. The maximum absolute atomic E-state index is 5.86. The van der Waals surface area contributed by atoms with Crippen LogP contribution in [0, 0.1) is 17.8 Å². The van der Waals surface area contributed by atoms with Gasteiger partial charge in [0.05, 0.1) is 11.4 Å². The van der Waals surface area contributed by atoms with Gasteiger partial charge in [-0.15, -0.1) is 0 Å². The van der Waals surface area contributed by atoms with Crippen LogP contribution in [0.2, 0.25) is 0 Å². The molecule has 0 heterocycles. The molecule has 134 valence electrons. The van der Waals surface area contributed by atoms with E-state index in [1.807, 2.05) is 7.05 Å². The number of guanidine groups is 2. The van der Waals surface area contributed by atoms with Gasteiger partial charge in [-0.3, -0.25) is 0 Å². The molecular weight excluding hydrogens is 312 g/mol. The van der Waals surface area contributed by atoms with Crippen molar-refractivity contribution in [3.63, 3.8) is 0 Å². The average molecular weight is 340 g/mol. The van der Waals surface area contributed by atoms with E-state index in [0.717, 1.165) is 29.1 Å². The second-order valence-electron chi connectivity index (χ2n) is 8.19. The first-order valence-electron chi connectivity index (χ1n) is 9.23. The summed E-state index contributed by atoms with van der Waals surface area (Å²) < 4.78 is 0. The number of nitrogens with zero attached hydrogens (tertiary/aromatic N) is 2. The molecule has 6 nitrogen and oxygen atoms in total. The normalized spacial score (nSPS) is 33.3. The van der Waals surface area contributed by atoms with Crippen molar-refractivity contribution in [3.8, 4) is 0 Å². The lowest BCUT2D eigenvalue weighted by Crippen LogP contribution is -2.48. The van der Waals surface area contributed by atoms with E-state index >= 15 is 0 Å². The fourth-order valence-electron chi connectivity index (χ4n) is 5.91. The molecule has 0 radical (unpaired) electrons. The first-order chi connectivity index (χ1) is 12.0. The molecule has 0 atom stereocenters. The third kappa shape index (κ3) is 2.94. The summed E-state index contributed by atoms with van der Waals surface area (Å²) in [7, 11) is 1.88. The number of hydrogen-bond acceptors (Lipinski definition) is 2. The van der Waals surface area contributed by atoms with E-state index in [9.17, 15) is 0 Å². The quantitative estimate of drug-likeness (QED) is 0.499. The molecule has 0 aromatic heterocycles. The Morgan fingerprint density at radius 1 is 1.04 bits per heavy atom. The maximum Gasteiger partial charge on any atom is 0.223 e. The molecule has 1 aromatic rings. The zero-order chi connectivity index (χ0) is 17.6. The molecule has 0 saturated heterocycles. The van der Waals surface area contributed by atoms with Gasteiger partial charge in [0.2, 0.25) is 5.96 Å². The Hall–Kier alpha value is -2.24. The van der Waals surface area contributed by atoms with E-state index in [-0.39, 0.29) is 11.9 Å². The molecule has 25 heavy (non-hydrogen) atoms. The van der Waals surface area contributed by atoms with Gasteiger partial charge in [0, 0.05) is 7.05 Å². The molecule has 0 spiro atoms. The molecule has 1 aromatic carbocycles. The van der Waals surface area contributed by atoms with Gasteiger partial charge in [0.15, 0.2) is 5.96 Å². The van der Waals surface area contributed by atoms with Gasteiger partial charge >= 0.3 is 0 Å². The summed E-state index contributed by atoms with van der Waals surface area (Å²) in [6.07, 6.45) is 8.29. The summed E-state index contributed by atoms with van der Waals surface area (Å²) in [5.74, 6) is 2.74. The van der Waals surface area contributed by atoms with Gasteiger partial charge in [-0.05, 0) is 79.4 Å². The second-order valence-corrected chi connectivity index (χ2v) is 8.19. The number of nitrogens with one attached hydrogen (secondary N) is 1.